The summed E-state index contributed by atoms with van der Waals surface area (Å²) in [5.41, 5.74) is 2.65. The molecule has 0 atom stereocenters. The SMILES string of the molecule is CCC(C)(C)Cn1c(CCCl)nc2c(C#N)cccc21. The Morgan fingerprint density at radius 2 is 2.15 bits per heavy atom. The van der Waals surface area contributed by atoms with Crippen LogP contribution in [0.2, 0.25) is 0 Å². The topological polar surface area (TPSA) is 41.6 Å². The zero-order valence-electron chi connectivity index (χ0n) is 12.3. The third-order valence-corrected chi connectivity index (χ3v) is 4.03. The fourth-order valence-corrected chi connectivity index (χ4v) is 2.45. The van der Waals surface area contributed by atoms with E-state index in [0.717, 1.165) is 36.2 Å². The van der Waals surface area contributed by atoms with E-state index in [2.05, 4.69) is 36.4 Å². The molecule has 0 aliphatic heterocycles. The monoisotopic (exact) mass is 289 g/mol. The molecular weight excluding hydrogens is 270 g/mol. The van der Waals surface area contributed by atoms with Crippen LogP contribution in [0.3, 0.4) is 0 Å². The van der Waals surface area contributed by atoms with Gasteiger partial charge in [-0.3, -0.25) is 0 Å². The lowest BCUT2D eigenvalue weighted by Crippen LogP contribution is -2.20. The maximum Gasteiger partial charge on any atom is 0.111 e. The van der Waals surface area contributed by atoms with Crippen molar-refractivity contribution in [1.29, 1.82) is 5.26 Å². The van der Waals surface area contributed by atoms with Crippen LogP contribution in [0.4, 0.5) is 0 Å². The number of benzene rings is 1. The molecule has 0 radical (unpaired) electrons. The molecule has 20 heavy (non-hydrogen) atoms. The lowest BCUT2D eigenvalue weighted by atomic mass is 9.90. The molecule has 0 aliphatic rings. The minimum atomic E-state index is 0.192. The maximum atomic E-state index is 9.22. The van der Waals surface area contributed by atoms with Crippen LogP contribution in [0.1, 0.15) is 38.6 Å². The second-order valence-corrected chi connectivity index (χ2v) is 6.23. The summed E-state index contributed by atoms with van der Waals surface area (Å²) in [6.45, 7) is 7.58. The van der Waals surface area contributed by atoms with Crippen LogP contribution in [-0.4, -0.2) is 15.4 Å². The van der Waals surface area contributed by atoms with Crippen LogP contribution >= 0.6 is 11.6 Å². The van der Waals surface area contributed by atoms with Gasteiger partial charge in [0.25, 0.3) is 0 Å². The van der Waals surface area contributed by atoms with Gasteiger partial charge in [0.2, 0.25) is 0 Å². The molecule has 4 heteroatoms. The Hall–Kier alpha value is -1.53. The Morgan fingerprint density at radius 1 is 1.40 bits per heavy atom. The van der Waals surface area contributed by atoms with Gasteiger partial charge in [0.15, 0.2) is 0 Å². The molecule has 2 rings (SSSR count). The van der Waals surface area contributed by atoms with Gasteiger partial charge in [0.1, 0.15) is 17.4 Å². The van der Waals surface area contributed by atoms with E-state index in [1.807, 2.05) is 18.2 Å². The first-order valence-electron chi connectivity index (χ1n) is 6.96. The van der Waals surface area contributed by atoms with Gasteiger partial charge in [-0.1, -0.05) is 26.8 Å². The Kier molecular flexibility index (Phi) is 4.35. The van der Waals surface area contributed by atoms with Gasteiger partial charge in [-0.15, -0.1) is 11.6 Å². The number of hydrogen-bond donors (Lipinski definition) is 0. The number of aryl methyl sites for hydroxylation is 1. The van der Waals surface area contributed by atoms with E-state index in [1.54, 1.807) is 0 Å². The Bertz CT molecular complexity index is 650. The van der Waals surface area contributed by atoms with Crippen molar-refractivity contribution in [2.24, 2.45) is 5.41 Å². The lowest BCUT2D eigenvalue weighted by molar-refractivity contribution is 0.294. The number of rotatable bonds is 5. The van der Waals surface area contributed by atoms with Crippen LogP contribution in [0.5, 0.6) is 0 Å². The number of alkyl halides is 1. The van der Waals surface area contributed by atoms with Crippen LogP contribution in [0, 0.1) is 16.7 Å². The standard InChI is InChI=1S/C16H20ClN3/c1-4-16(2,3)11-20-13-7-5-6-12(10-18)15(13)19-14(20)8-9-17/h5-7H,4,8-9,11H2,1-3H3. The third kappa shape index (κ3) is 2.81. The van der Waals surface area contributed by atoms with E-state index >= 15 is 0 Å². The minimum absolute atomic E-state index is 0.192. The molecule has 106 valence electrons. The van der Waals surface area contributed by atoms with Crippen LogP contribution in [0.25, 0.3) is 11.0 Å². The van der Waals surface area contributed by atoms with Crippen molar-refractivity contribution in [2.75, 3.05) is 5.88 Å². The summed E-state index contributed by atoms with van der Waals surface area (Å²) in [6.07, 6.45) is 1.81. The molecule has 0 unspecified atom stereocenters. The summed E-state index contributed by atoms with van der Waals surface area (Å²) < 4.78 is 2.22. The predicted octanol–water partition coefficient (Wildman–Crippen LogP) is 4.13. The van der Waals surface area contributed by atoms with Crippen molar-refractivity contribution in [3.8, 4) is 6.07 Å². The summed E-state index contributed by atoms with van der Waals surface area (Å²) in [6, 6.07) is 7.99. The number of halogens is 1. The summed E-state index contributed by atoms with van der Waals surface area (Å²) in [5.74, 6) is 1.51. The van der Waals surface area contributed by atoms with Crippen molar-refractivity contribution in [3.63, 3.8) is 0 Å². The number of aromatic nitrogens is 2. The van der Waals surface area contributed by atoms with Crippen LogP contribution < -0.4 is 0 Å². The highest BCUT2D eigenvalue weighted by Crippen LogP contribution is 2.27. The van der Waals surface area contributed by atoms with Crippen molar-refractivity contribution in [2.45, 2.75) is 40.2 Å². The summed E-state index contributed by atoms with van der Waals surface area (Å²) in [5, 5.41) is 9.22. The minimum Gasteiger partial charge on any atom is -0.327 e. The molecule has 0 spiro atoms. The molecule has 0 amide bonds. The van der Waals surface area contributed by atoms with Crippen LogP contribution in [-0.2, 0) is 13.0 Å². The van der Waals surface area contributed by atoms with Crippen molar-refractivity contribution in [3.05, 3.63) is 29.6 Å². The van der Waals surface area contributed by atoms with E-state index in [4.69, 9.17) is 11.6 Å². The van der Waals surface area contributed by atoms with Gasteiger partial charge in [0, 0.05) is 18.8 Å². The Balaban J connectivity index is 2.61. The van der Waals surface area contributed by atoms with Crippen LogP contribution in [0.15, 0.2) is 18.2 Å². The molecule has 0 saturated heterocycles. The van der Waals surface area contributed by atoms with Crippen molar-refractivity contribution < 1.29 is 0 Å². The quantitative estimate of drug-likeness (QED) is 0.777. The first kappa shape index (κ1) is 14.9. The Labute approximate surface area is 125 Å². The molecule has 0 fully saturated rings. The third-order valence-electron chi connectivity index (χ3n) is 3.84. The number of hydrogen-bond acceptors (Lipinski definition) is 2. The molecule has 0 aliphatic carbocycles. The van der Waals surface area contributed by atoms with Crippen molar-refractivity contribution >= 4 is 22.6 Å². The maximum absolute atomic E-state index is 9.22. The highest BCUT2D eigenvalue weighted by Gasteiger charge is 2.21. The fraction of sp³-hybridized carbons (Fsp3) is 0.500. The van der Waals surface area contributed by atoms with Gasteiger partial charge in [-0.2, -0.15) is 5.26 Å². The van der Waals surface area contributed by atoms with Gasteiger partial charge in [-0.05, 0) is 24.0 Å². The number of fused-ring (bicyclic) bond motifs is 1. The summed E-state index contributed by atoms with van der Waals surface area (Å²) >= 11 is 5.90. The zero-order valence-corrected chi connectivity index (χ0v) is 13.0. The average Bonchev–Trinajstić information content (AvgIpc) is 2.77. The second-order valence-electron chi connectivity index (χ2n) is 5.86. The molecule has 2 aromatic rings. The largest absolute Gasteiger partial charge is 0.327 e. The molecule has 0 saturated carbocycles. The zero-order chi connectivity index (χ0) is 14.8. The number of nitriles is 1. The normalized spacial score (nSPS) is 11.8. The summed E-state index contributed by atoms with van der Waals surface area (Å²) in [7, 11) is 0. The Morgan fingerprint density at radius 3 is 2.75 bits per heavy atom. The van der Waals surface area contributed by atoms with Gasteiger partial charge < -0.3 is 4.57 Å². The molecule has 0 N–H and O–H groups in total. The van der Waals surface area contributed by atoms with Crippen molar-refractivity contribution in [1.82, 2.24) is 9.55 Å². The molecule has 1 heterocycles. The predicted molar refractivity (Wildman–Crippen MR) is 82.9 cm³/mol. The molecule has 1 aromatic carbocycles. The first-order valence-corrected chi connectivity index (χ1v) is 7.50. The molecule has 0 bridgehead atoms. The van der Waals surface area contributed by atoms with E-state index in [-0.39, 0.29) is 5.41 Å². The fourth-order valence-electron chi connectivity index (χ4n) is 2.28. The highest BCUT2D eigenvalue weighted by molar-refractivity contribution is 6.17. The number of imidazole rings is 1. The summed E-state index contributed by atoms with van der Waals surface area (Å²) in [4.78, 5) is 4.65. The van der Waals surface area contributed by atoms with E-state index in [9.17, 15) is 5.26 Å². The molecule has 3 nitrogen and oxygen atoms in total. The van der Waals surface area contributed by atoms with E-state index in [0.29, 0.717) is 11.4 Å². The second kappa shape index (κ2) is 5.85. The van der Waals surface area contributed by atoms with Gasteiger partial charge >= 0.3 is 0 Å². The van der Waals surface area contributed by atoms with E-state index < -0.39 is 0 Å². The molecular formula is C16H20ClN3. The smallest absolute Gasteiger partial charge is 0.111 e. The number of nitrogens with zero attached hydrogens (tertiary/aromatic N) is 3. The highest BCUT2D eigenvalue weighted by atomic mass is 35.5. The molecule has 1 aromatic heterocycles. The first-order chi connectivity index (χ1) is 9.52. The van der Waals surface area contributed by atoms with E-state index in [1.165, 1.54) is 0 Å². The van der Waals surface area contributed by atoms with Gasteiger partial charge in [0.05, 0.1) is 11.1 Å². The van der Waals surface area contributed by atoms with Gasteiger partial charge in [-0.25, -0.2) is 4.98 Å². The lowest BCUT2D eigenvalue weighted by Gasteiger charge is -2.24. The average molecular weight is 290 g/mol. The number of para-hydroxylation sites is 1.